The Hall–Kier alpha value is -2.74. The van der Waals surface area contributed by atoms with E-state index in [1.165, 1.54) is 12.1 Å². The van der Waals surface area contributed by atoms with Gasteiger partial charge in [-0.15, -0.1) is 0 Å². The second-order valence-electron chi connectivity index (χ2n) is 6.93. The SMILES string of the molecule is Cc1cccc(-n2nc3c(c2NC(=O)c2cccc(C(F)(F)F)c2)CSC3)c1C. The minimum atomic E-state index is -4.51. The van der Waals surface area contributed by atoms with E-state index in [4.69, 9.17) is 0 Å². The maximum Gasteiger partial charge on any atom is 0.416 e. The molecule has 4 rings (SSSR count). The maximum absolute atomic E-state index is 13.0. The van der Waals surface area contributed by atoms with Crippen molar-refractivity contribution in [2.24, 2.45) is 0 Å². The Kier molecular flexibility index (Phi) is 4.90. The van der Waals surface area contributed by atoms with Gasteiger partial charge in [-0.2, -0.15) is 30.0 Å². The summed E-state index contributed by atoms with van der Waals surface area (Å²) in [6, 6.07) is 10.2. The van der Waals surface area contributed by atoms with Gasteiger partial charge in [0.2, 0.25) is 0 Å². The van der Waals surface area contributed by atoms with E-state index in [-0.39, 0.29) is 5.56 Å². The monoisotopic (exact) mass is 417 g/mol. The molecule has 0 fully saturated rings. The number of fused-ring (bicyclic) bond motifs is 1. The van der Waals surface area contributed by atoms with E-state index >= 15 is 0 Å². The molecule has 0 aliphatic carbocycles. The predicted molar refractivity (Wildman–Crippen MR) is 107 cm³/mol. The molecular formula is C21H18F3N3OS. The van der Waals surface area contributed by atoms with E-state index in [0.717, 1.165) is 46.0 Å². The number of halogens is 3. The van der Waals surface area contributed by atoms with E-state index in [2.05, 4.69) is 10.4 Å². The number of thioether (sulfide) groups is 1. The smallest absolute Gasteiger partial charge is 0.306 e. The molecular weight excluding hydrogens is 399 g/mol. The lowest BCUT2D eigenvalue weighted by molar-refractivity contribution is -0.137. The number of benzene rings is 2. The minimum absolute atomic E-state index is 0.0482. The van der Waals surface area contributed by atoms with Gasteiger partial charge in [0.05, 0.1) is 16.9 Å². The Labute approximate surface area is 170 Å². The van der Waals surface area contributed by atoms with Crippen LogP contribution < -0.4 is 5.32 Å². The fourth-order valence-electron chi connectivity index (χ4n) is 3.30. The van der Waals surface area contributed by atoms with Crippen LogP contribution in [-0.2, 0) is 17.7 Å². The minimum Gasteiger partial charge on any atom is -0.306 e. The van der Waals surface area contributed by atoms with Crippen LogP contribution in [0.25, 0.3) is 5.69 Å². The van der Waals surface area contributed by atoms with E-state index in [0.29, 0.717) is 11.6 Å². The van der Waals surface area contributed by atoms with E-state index in [1.54, 1.807) is 16.4 Å². The number of nitrogens with zero attached hydrogens (tertiary/aromatic N) is 2. The molecule has 0 atom stereocenters. The fraction of sp³-hybridized carbons (Fsp3) is 0.238. The Bertz CT molecular complexity index is 1110. The van der Waals surface area contributed by atoms with Gasteiger partial charge in [0.15, 0.2) is 0 Å². The normalized spacial score (nSPS) is 13.4. The lowest BCUT2D eigenvalue weighted by Gasteiger charge is -2.14. The summed E-state index contributed by atoms with van der Waals surface area (Å²) < 4.78 is 40.7. The maximum atomic E-state index is 13.0. The van der Waals surface area contributed by atoms with Gasteiger partial charge < -0.3 is 5.32 Å². The van der Waals surface area contributed by atoms with Crippen LogP contribution in [0.4, 0.5) is 19.0 Å². The number of carbonyl (C=O) groups excluding carboxylic acids is 1. The fourth-order valence-corrected chi connectivity index (χ4v) is 4.33. The summed E-state index contributed by atoms with van der Waals surface area (Å²) in [7, 11) is 0. The Morgan fingerprint density at radius 1 is 1.14 bits per heavy atom. The summed E-state index contributed by atoms with van der Waals surface area (Å²) >= 11 is 1.69. The van der Waals surface area contributed by atoms with Gasteiger partial charge in [-0.1, -0.05) is 18.2 Å². The topological polar surface area (TPSA) is 46.9 Å². The molecule has 29 heavy (non-hydrogen) atoms. The van der Waals surface area contributed by atoms with Crippen molar-refractivity contribution in [2.75, 3.05) is 5.32 Å². The van der Waals surface area contributed by atoms with Gasteiger partial charge in [-0.05, 0) is 49.2 Å². The molecule has 0 saturated carbocycles. The summed E-state index contributed by atoms with van der Waals surface area (Å²) in [4.78, 5) is 12.8. The van der Waals surface area contributed by atoms with Crippen LogP contribution in [0.2, 0.25) is 0 Å². The molecule has 0 unspecified atom stereocenters. The quantitative estimate of drug-likeness (QED) is 0.612. The molecule has 2 aromatic carbocycles. The van der Waals surface area contributed by atoms with Crippen molar-refractivity contribution in [1.29, 1.82) is 0 Å². The average Bonchev–Trinajstić information content (AvgIpc) is 3.26. The second-order valence-corrected chi connectivity index (χ2v) is 7.92. The molecule has 0 spiro atoms. The third kappa shape index (κ3) is 3.64. The highest BCUT2D eigenvalue weighted by Gasteiger charge is 2.31. The van der Waals surface area contributed by atoms with Crippen molar-refractivity contribution in [3.05, 3.63) is 76.0 Å². The molecule has 8 heteroatoms. The van der Waals surface area contributed by atoms with Crippen molar-refractivity contribution in [3.8, 4) is 5.69 Å². The van der Waals surface area contributed by atoms with Crippen LogP contribution in [0.15, 0.2) is 42.5 Å². The summed E-state index contributed by atoms with van der Waals surface area (Å²) in [5.41, 5.74) is 3.84. The number of aromatic nitrogens is 2. The van der Waals surface area contributed by atoms with Gasteiger partial charge in [0.1, 0.15) is 5.82 Å². The number of amides is 1. The molecule has 150 valence electrons. The van der Waals surface area contributed by atoms with Gasteiger partial charge in [-0.25, -0.2) is 4.68 Å². The van der Waals surface area contributed by atoms with Gasteiger partial charge >= 0.3 is 6.18 Å². The lowest BCUT2D eigenvalue weighted by atomic mass is 10.1. The first kappa shape index (κ1) is 19.6. The summed E-state index contributed by atoms with van der Waals surface area (Å²) in [5, 5.41) is 7.48. The molecule has 1 aliphatic rings. The van der Waals surface area contributed by atoms with Gasteiger partial charge in [0.25, 0.3) is 5.91 Å². The summed E-state index contributed by atoms with van der Waals surface area (Å²) in [5.74, 6) is 1.35. The average molecular weight is 417 g/mol. The first-order valence-electron chi connectivity index (χ1n) is 8.99. The first-order chi connectivity index (χ1) is 13.8. The van der Waals surface area contributed by atoms with Gasteiger partial charge in [-0.3, -0.25) is 4.79 Å². The van der Waals surface area contributed by atoms with Crippen LogP contribution in [0, 0.1) is 13.8 Å². The standard InChI is InChI=1S/C21H18F3N3OS/c1-12-5-3-8-18(13(12)2)27-19(16-10-29-11-17(16)26-27)25-20(28)14-6-4-7-15(9-14)21(22,23)24/h3-9H,10-11H2,1-2H3,(H,25,28). The lowest BCUT2D eigenvalue weighted by Crippen LogP contribution is -2.17. The highest BCUT2D eigenvalue weighted by molar-refractivity contribution is 7.98. The molecule has 2 heterocycles. The second kappa shape index (κ2) is 7.26. The number of anilines is 1. The molecule has 1 amide bonds. The summed E-state index contributed by atoms with van der Waals surface area (Å²) in [6.45, 7) is 3.97. The number of hydrogen-bond donors (Lipinski definition) is 1. The number of carbonyl (C=O) groups is 1. The molecule has 0 radical (unpaired) electrons. The zero-order valence-corrected chi connectivity index (χ0v) is 16.6. The first-order valence-corrected chi connectivity index (χ1v) is 10.1. The van der Waals surface area contributed by atoms with E-state index in [1.807, 2.05) is 32.0 Å². The van der Waals surface area contributed by atoms with Crippen LogP contribution in [0.1, 0.15) is 38.3 Å². The Balaban J connectivity index is 1.74. The number of hydrogen-bond acceptors (Lipinski definition) is 3. The number of alkyl halides is 3. The van der Waals surface area contributed by atoms with Crippen LogP contribution in [0.3, 0.4) is 0 Å². The zero-order chi connectivity index (χ0) is 20.8. The number of rotatable bonds is 3. The largest absolute Gasteiger partial charge is 0.416 e. The third-order valence-electron chi connectivity index (χ3n) is 5.04. The molecule has 1 aromatic heterocycles. The highest BCUT2D eigenvalue weighted by atomic mass is 32.2. The molecule has 0 bridgehead atoms. The summed E-state index contributed by atoms with van der Waals surface area (Å²) in [6.07, 6.45) is -4.51. The van der Waals surface area contributed by atoms with E-state index in [9.17, 15) is 18.0 Å². The molecule has 3 aromatic rings. The Morgan fingerprint density at radius 3 is 2.66 bits per heavy atom. The van der Waals surface area contributed by atoms with Crippen LogP contribution >= 0.6 is 11.8 Å². The molecule has 4 nitrogen and oxygen atoms in total. The van der Waals surface area contributed by atoms with Crippen LogP contribution in [-0.4, -0.2) is 15.7 Å². The molecule has 1 N–H and O–H groups in total. The Morgan fingerprint density at radius 2 is 1.90 bits per heavy atom. The number of nitrogens with one attached hydrogen (secondary N) is 1. The zero-order valence-electron chi connectivity index (χ0n) is 15.8. The van der Waals surface area contributed by atoms with Crippen molar-refractivity contribution in [2.45, 2.75) is 31.5 Å². The van der Waals surface area contributed by atoms with E-state index < -0.39 is 17.6 Å². The van der Waals surface area contributed by atoms with Crippen LogP contribution in [0.5, 0.6) is 0 Å². The van der Waals surface area contributed by atoms with Crippen molar-refractivity contribution < 1.29 is 18.0 Å². The van der Waals surface area contributed by atoms with Gasteiger partial charge in [0, 0.05) is 22.6 Å². The third-order valence-corrected chi connectivity index (χ3v) is 6.01. The highest BCUT2D eigenvalue weighted by Crippen LogP contribution is 2.37. The van der Waals surface area contributed by atoms with Crippen molar-refractivity contribution in [1.82, 2.24) is 9.78 Å². The molecule has 0 saturated heterocycles. The predicted octanol–water partition coefficient (Wildman–Crippen LogP) is 5.51. The number of aryl methyl sites for hydroxylation is 1. The van der Waals surface area contributed by atoms with Crippen molar-refractivity contribution >= 4 is 23.5 Å². The molecule has 1 aliphatic heterocycles. The van der Waals surface area contributed by atoms with Crippen molar-refractivity contribution in [3.63, 3.8) is 0 Å².